The number of allylic oxidation sites excluding steroid dienone is 1. The molecule has 0 aliphatic heterocycles. The Labute approximate surface area is 135 Å². The number of hydrogen-bond donors (Lipinski definition) is 0. The Balaban J connectivity index is 2.53. The van der Waals surface area contributed by atoms with Gasteiger partial charge in [-0.05, 0) is 18.2 Å². The van der Waals surface area contributed by atoms with Gasteiger partial charge < -0.3 is 4.57 Å². The van der Waals surface area contributed by atoms with Crippen LogP contribution in [0.2, 0.25) is 0 Å². The van der Waals surface area contributed by atoms with Crippen LogP contribution in [-0.4, -0.2) is 29.8 Å². The molecule has 0 radical (unpaired) electrons. The van der Waals surface area contributed by atoms with Gasteiger partial charge in [0.1, 0.15) is 11.6 Å². The second-order valence-corrected chi connectivity index (χ2v) is 7.75. The van der Waals surface area contributed by atoms with E-state index in [9.17, 15) is 22.4 Å². The summed E-state index contributed by atoms with van der Waals surface area (Å²) in [5, 5.41) is -1.08. The van der Waals surface area contributed by atoms with Crippen molar-refractivity contribution in [1.82, 2.24) is 4.57 Å². The molecular formula is C14H13FN2O4S2. The van der Waals surface area contributed by atoms with Crippen molar-refractivity contribution in [2.75, 3.05) is 5.75 Å². The summed E-state index contributed by atoms with van der Waals surface area (Å²) in [6.07, 6.45) is 1.57. The van der Waals surface area contributed by atoms with E-state index in [2.05, 4.69) is 11.6 Å². The monoisotopic (exact) mass is 356 g/mol. The molecule has 6 nitrogen and oxygen atoms in total. The fraction of sp³-hybridized carbons (Fsp3) is 0.214. The number of halogens is 1. The SMILES string of the molecule is C=CCn1c(=NC(=O)CS(=O)(=O)C(C)=O)sc2cc(F)ccc21. The number of fused-ring (bicyclic) bond motifs is 1. The molecule has 122 valence electrons. The molecule has 1 aromatic heterocycles. The van der Waals surface area contributed by atoms with Gasteiger partial charge in [0.25, 0.3) is 5.91 Å². The van der Waals surface area contributed by atoms with Crippen LogP contribution in [0, 0.1) is 5.82 Å². The number of amides is 1. The molecule has 0 aliphatic carbocycles. The second-order valence-electron chi connectivity index (χ2n) is 4.65. The first-order valence-corrected chi connectivity index (χ1v) is 8.92. The molecule has 0 unspecified atom stereocenters. The Bertz CT molecular complexity index is 970. The molecule has 2 rings (SSSR count). The molecule has 1 aromatic carbocycles. The normalized spacial score (nSPS) is 12.5. The number of thiazole rings is 1. The minimum absolute atomic E-state index is 0.217. The number of nitrogens with zero attached hydrogens (tertiary/aromatic N) is 2. The van der Waals surface area contributed by atoms with Crippen molar-refractivity contribution in [2.45, 2.75) is 13.5 Å². The summed E-state index contributed by atoms with van der Waals surface area (Å²) in [5.74, 6) is -2.37. The summed E-state index contributed by atoms with van der Waals surface area (Å²) in [6.45, 7) is 4.80. The highest BCUT2D eigenvalue weighted by atomic mass is 32.2. The van der Waals surface area contributed by atoms with Crippen LogP contribution in [0.1, 0.15) is 6.92 Å². The Kier molecular flexibility index (Phi) is 4.90. The predicted molar refractivity (Wildman–Crippen MR) is 85.0 cm³/mol. The van der Waals surface area contributed by atoms with E-state index in [0.29, 0.717) is 16.8 Å². The number of carbonyl (C=O) groups is 2. The van der Waals surface area contributed by atoms with Crippen molar-refractivity contribution < 1.29 is 22.4 Å². The number of aromatic nitrogens is 1. The average Bonchev–Trinajstić information content (AvgIpc) is 2.75. The summed E-state index contributed by atoms with van der Waals surface area (Å²) >= 11 is 1.05. The first-order valence-electron chi connectivity index (χ1n) is 6.45. The van der Waals surface area contributed by atoms with Crippen LogP contribution < -0.4 is 4.80 Å². The van der Waals surface area contributed by atoms with Gasteiger partial charge in [0.15, 0.2) is 4.80 Å². The van der Waals surface area contributed by atoms with Crippen LogP contribution in [0.5, 0.6) is 0 Å². The summed E-state index contributed by atoms with van der Waals surface area (Å²) in [5.41, 5.74) is 0.650. The lowest BCUT2D eigenvalue weighted by Gasteiger charge is -2.00. The molecule has 1 amide bonds. The van der Waals surface area contributed by atoms with Gasteiger partial charge >= 0.3 is 0 Å². The van der Waals surface area contributed by atoms with Crippen molar-refractivity contribution >= 4 is 42.4 Å². The summed E-state index contributed by atoms with van der Waals surface area (Å²) in [6, 6.07) is 4.12. The zero-order valence-corrected chi connectivity index (χ0v) is 13.8. The molecule has 0 bridgehead atoms. The van der Waals surface area contributed by atoms with Crippen molar-refractivity contribution in [3.8, 4) is 0 Å². The molecular weight excluding hydrogens is 343 g/mol. The molecule has 0 fully saturated rings. The maximum Gasteiger partial charge on any atom is 0.264 e. The molecule has 0 N–H and O–H groups in total. The first-order chi connectivity index (χ1) is 10.7. The lowest BCUT2D eigenvalue weighted by atomic mass is 10.3. The third-order valence-corrected chi connectivity index (χ3v) is 5.47. The third-order valence-electron chi connectivity index (χ3n) is 2.93. The lowest BCUT2D eigenvalue weighted by molar-refractivity contribution is -0.116. The van der Waals surface area contributed by atoms with Gasteiger partial charge in [-0.3, -0.25) is 9.59 Å². The zero-order chi connectivity index (χ0) is 17.2. The largest absolute Gasteiger partial charge is 0.313 e. The Morgan fingerprint density at radius 3 is 2.74 bits per heavy atom. The highest BCUT2D eigenvalue weighted by molar-refractivity contribution is 8.06. The van der Waals surface area contributed by atoms with Gasteiger partial charge in [0.05, 0.1) is 10.2 Å². The lowest BCUT2D eigenvalue weighted by Crippen LogP contribution is -2.23. The van der Waals surface area contributed by atoms with E-state index in [1.165, 1.54) is 12.1 Å². The quantitative estimate of drug-likeness (QED) is 0.776. The van der Waals surface area contributed by atoms with Crippen molar-refractivity contribution in [1.29, 1.82) is 0 Å². The highest BCUT2D eigenvalue weighted by Crippen LogP contribution is 2.18. The standard InChI is InChI=1S/C14H13FN2O4S2/c1-3-6-17-11-5-4-10(15)7-12(11)22-14(17)16-13(19)8-23(20,21)9(2)18/h3-5,7H,1,6,8H2,2H3. The molecule has 23 heavy (non-hydrogen) atoms. The number of carbonyl (C=O) groups excluding carboxylic acids is 2. The Morgan fingerprint density at radius 2 is 2.13 bits per heavy atom. The van der Waals surface area contributed by atoms with Crippen LogP contribution >= 0.6 is 11.3 Å². The summed E-state index contributed by atoms with van der Waals surface area (Å²) < 4.78 is 38.4. The van der Waals surface area contributed by atoms with E-state index in [4.69, 9.17) is 0 Å². The smallest absolute Gasteiger partial charge is 0.264 e. The van der Waals surface area contributed by atoms with Gasteiger partial charge in [-0.2, -0.15) is 4.99 Å². The molecule has 9 heteroatoms. The number of rotatable bonds is 4. The van der Waals surface area contributed by atoms with E-state index >= 15 is 0 Å². The Morgan fingerprint density at radius 1 is 1.43 bits per heavy atom. The van der Waals surface area contributed by atoms with Gasteiger partial charge in [-0.15, -0.1) is 6.58 Å². The fourth-order valence-electron chi connectivity index (χ4n) is 1.84. The first kappa shape index (κ1) is 17.2. The maximum absolute atomic E-state index is 13.3. The van der Waals surface area contributed by atoms with Gasteiger partial charge in [-0.25, -0.2) is 12.8 Å². The highest BCUT2D eigenvalue weighted by Gasteiger charge is 2.21. The minimum Gasteiger partial charge on any atom is -0.313 e. The zero-order valence-electron chi connectivity index (χ0n) is 12.2. The van der Waals surface area contributed by atoms with E-state index in [0.717, 1.165) is 18.3 Å². The molecule has 0 aliphatic rings. The molecule has 0 atom stereocenters. The fourth-order valence-corrected chi connectivity index (χ4v) is 3.52. The van der Waals surface area contributed by atoms with Gasteiger partial charge in [0.2, 0.25) is 15.0 Å². The molecule has 0 spiro atoms. The average molecular weight is 356 g/mol. The van der Waals surface area contributed by atoms with Gasteiger partial charge in [-0.1, -0.05) is 17.4 Å². The van der Waals surface area contributed by atoms with Crippen LogP contribution in [0.3, 0.4) is 0 Å². The van der Waals surface area contributed by atoms with Crippen LogP contribution in [0.15, 0.2) is 35.8 Å². The Hall–Kier alpha value is -2.13. The van der Waals surface area contributed by atoms with Crippen molar-refractivity contribution in [3.63, 3.8) is 0 Å². The van der Waals surface area contributed by atoms with E-state index in [-0.39, 0.29) is 4.80 Å². The molecule has 1 heterocycles. The topological polar surface area (TPSA) is 85.6 Å². The van der Waals surface area contributed by atoms with E-state index in [1.54, 1.807) is 16.7 Å². The van der Waals surface area contributed by atoms with E-state index < -0.39 is 32.4 Å². The van der Waals surface area contributed by atoms with Crippen LogP contribution in [0.25, 0.3) is 10.2 Å². The number of hydrogen-bond acceptors (Lipinski definition) is 5. The number of sulfone groups is 1. The predicted octanol–water partition coefficient (Wildman–Crippen LogP) is 1.42. The van der Waals surface area contributed by atoms with E-state index in [1.807, 2.05) is 0 Å². The van der Waals surface area contributed by atoms with Crippen LogP contribution in [0.4, 0.5) is 4.39 Å². The summed E-state index contributed by atoms with van der Waals surface area (Å²) in [7, 11) is -4.15. The number of benzene rings is 1. The second kappa shape index (κ2) is 6.55. The molecule has 0 saturated carbocycles. The summed E-state index contributed by atoms with van der Waals surface area (Å²) in [4.78, 5) is 26.8. The van der Waals surface area contributed by atoms with Gasteiger partial charge in [0, 0.05) is 13.5 Å². The van der Waals surface area contributed by atoms with Crippen molar-refractivity contribution in [3.05, 3.63) is 41.5 Å². The maximum atomic E-state index is 13.3. The van der Waals surface area contributed by atoms with Crippen molar-refractivity contribution in [2.24, 2.45) is 4.99 Å². The minimum atomic E-state index is -4.15. The molecule has 2 aromatic rings. The molecule has 0 saturated heterocycles. The third kappa shape index (κ3) is 3.80. The van der Waals surface area contributed by atoms with Crippen LogP contribution in [-0.2, 0) is 26.0 Å².